The van der Waals surface area contributed by atoms with Gasteiger partial charge in [0, 0.05) is 45.5 Å². The normalized spacial score (nSPS) is 14.8. The predicted molar refractivity (Wildman–Crippen MR) is 80.2 cm³/mol. The summed E-state index contributed by atoms with van der Waals surface area (Å²) in [5.74, 6) is 0. The highest BCUT2D eigenvalue weighted by Gasteiger charge is 2.33. The molecule has 0 aliphatic carbocycles. The van der Waals surface area contributed by atoms with Gasteiger partial charge in [-0.25, -0.2) is 0 Å². The summed E-state index contributed by atoms with van der Waals surface area (Å²) < 4.78 is 10.6. The van der Waals surface area contributed by atoms with Gasteiger partial charge in [0.2, 0.25) is 0 Å². The molecule has 0 aliphatic heterocycles. The van der Waals surface area contributed by atoms with Crippen LogP contribution in [0.2, 0.25) is 0 Å². The molecule has 1 aromatic rings. The summed E-state index contributed by atoms with van der Waals surface area (Å²) in [7, 11) is 3.31. The van der Waals surface area contributed by atoms with E-state index in [4.69, 9.17) is 15.2 Å². The molecule has 0 amide bonds. The molecule has 0 fully saturated rings. The fourth-order valence-electron chi connectivity index (χ4n) is 2.34. The Morgan fingerprint density at radius 3 is 2.50 bits per heavy atom. The minimum absolute atomic E-state index is 0.192. The molecule has 114 valence electrons. The highest BCUT2D eigenvalue weighted by Crippen LogP contribution is 2.23. The van der Waals surface area contributed by atoms with Crippen molar-refractivity contribution >= 4 is 0 Å². The number of aromatic nitrogens is 1. The topological polar surface area (TPSA) is 60.6 Å². The Balaban J connectivity index is 2.82. The molecule has 1 unspecified atom stereocenters. The molecule has 0 bridgehead atoms. The number of likely N-dealkylation sites (N-methyl/N-ethyl adjacent to an activating group) is 1. The van der Waals surface area contributed by atoms with Gasteiger partial charge in [-0.3, -0.25) is 9.88 Å². The van der Waals surface area contributed by atoms with Crippen molar-refractivity contribution < 1.29 is 9.47 Å². The van der Waals surface area contributed by atoms with Gasteiger partial charge in [0.25, 0.3) is 0 Å². The van der Waals surface area contributed by atoms with Crippen LogP contribution in [-0.4, -0.2) is 49.0 Å². The van der Waals surface area contributed by atoms with Crippen molar-refractivity contribution in [2.24, 2.45) is 5.73 Å². The fraction of sp³-hybridized carbons (Fsp3) is 0.667. The lowest BCUT2D eigenvalue weighted by atomic mass is 9.94. The van der Waals surface area contributed by atoms with Crippen LogP contribution in [0, 0.1) is 0 Å². The van der Waals surface area contributed by atoms with Gasteiger partial charge in [-0.15, -0.1) is 0 Å². The quantitative estimate of drug-likeness (QED) is 0.697. The first kappa shape index (κ1) is 17.0. The Morgan fingerprint density at radius 1 is 1.35 bits per heavy atom. The molecule has 0 saturated heterocycles. The van der Waals surface area contributed by atoms with Crippen LogP contribution in [0.5, 0.6) is 0 Å². The second-order valence-corrected chi connectivity index (χ2v) is 5.14. The van der Waals surface area contributed by atoms with E-state index in [1.54, 1.807) is 14.2 Å². The predicted octanol–water partition coefficient (Wildman–Crippen LogP) is 1.63. The molecule has 1 aromatic heterocycles. The first-order valence-corrected chi connectivity index (χ1v) is 7.00. The van der Waals surface area contributed by atoms with Crippen LogP contribution in [-0.2, 0) is 16.0 Å². The Morgan fingerprint density at radius 2 is 2.05 bits per heavy atom. The number of ether oxygens (including phenoxy) is 2. The maximum atomic E-state index is 6.02. The van der Waals surface area contributed by atoms with E-state index in [9.17, 15) is 0 Å². The second-order valence-electron chi connectivity index (χ2n) is 5.14. The summed E-state index contributed by atoms with van der Waals surface area (Å²) in [4.78, 5) is 6.71. The lowest BCUT2D eigenvalue weighted by Crippen LogP contribution is -2.53. The second kappa shape index (κ2) is 8.32. The van der Waals surface area contributed by atoms with E-state index in [0.29, 0.717) is 6.54 Å². The zero-order chi connectivity index (χ0) is 15.0. The van der Waals surface area contributed by atoms with Crippen molar-refractivity contribution in [3.63, 3.8) is 0 Å². The van der Waals surface area contributed by atoms with Gasteiger partial charge in [0.05, 0.1) is 5.69 Å². The van der Waals surface area contributed by atoms with Gasteiger partial charge in [-0.05, 0) is 25.6 Å². The van der Waals surface area contributed by atoms with E-state index in [2.05, 4.69) is 23.7 Å². The monoisotopic (exact) mass is 281 g/mol. The highest BCUT2D eigenvalue weighted by atomic mass is 16.7. The van der Waals surface area contributed by atoms with Gasteiger partial charge in [0.1, 0.15) is 0 Å². The number of nitrogens with zero attached hydrogens (tertiary/aromatic N) is 2. The Labute approximate surface area is 122 Å². The average molecular weight is 281 g/mol. The van der Waals surface area contributed by atoms with Crippen molar-refractivity contribution in [1.82, 2.24) is 9.88 Å². The number of nitrogens with two attached hydrogens (primary N) is 1. The molecule has 0 spiro atoms. The zero-order valence-electron chi connectivity index (χ0n) is 13.0. The first-order valence-electron chi connectivity index (χ1n) is 7.00. The molecule has 0 aromatic carbocycles. The molecular formula is C15H27N3O2. The number of hydrogen-bond acceptors (Lipinski definition) is 5. The lowest BCUT2D eigenvalue weighted by molar-refractivity contribution is -0.129. The average Bonchev–Trinajstić information content (AvgIpc) is 2.51. The van der Waals surface area contributed by atoms with Crippen molar-refractivity contribution in [3.8, 4) is 0 Å². The van der Waals surface area contributed by atoms with E-state index in [1.165, 1.54) is 0 Å². The van der Waals surface area contributed by atoms with E-state index in [-0.39, 0.29) is 11.8 Å². The maximum absolute atomic E-state index is 6.02. The third-order valence-corrected chi connectivity index (χ3v) is 3.80. The van der Waals surface area contributed by atoms with Crippen molar-refractivity contribution in [1.29, 1.82) is 0 Å². The minimum Gasteiger partial charge on any atom is -0.356 e. The summed E-state index contributed by atoms with van der Waals surface area (Å²) in [5.41, 5.74) is 6.87. The van der Waals surface area contributed by atoms with Crippen molar-refractivity contribution in [3.05, 3.63) is 30.1 Å². The number of hydrogen-bond donors (Lipinski definition) is 1. The van der Waals surface area contributed by atoms with Crippen LogP contribution in [0.4, 0.5) is 0 Å². The Kier molecular flexibility index (Phi) is 7.09. The van der Waals surface area contributed by atoms with Gasteiger partial charge >= 0.3 is 0 Å². The van der Waals surface area contributed by atoms with Crippen LogP contribution < -0.4 is 5.73 Å². The van der Waals surface area contributed by atoms with Crippen LogP contribution >= 0.6 is 0 Å². The highest BCUT2D eigenvalue weighted by molar-refractivity contribution is 5.04. The van der Waals surface area contributed by atoms with E-state index in [0.717, 1.165) is 25.2 Å². The van der Waals surface area contributed by atoms with Crippen LogP contribution in [0.1, 0.15) is 26.0 Å². The SMILES string of the molecule is CCN(Cc1ccccn1)C(C)(CN)CC(OC)OC. The van der Waals surface area contributed by atoms with Gasteiger partial charge in [0.15, 0.2) is 6.29 Å². The number of methoxy groups -OCH3 is 2. The maximum Gasteiger partial charge on any atom is 0.158 e. The number of pyridine rings is 1. The summed E-state index contributed by atoms with van der Waals surface area (Å²) >= 11 is 0. The zero-order valence-corrected chi connectivity index (χ0v) is 13.0. The molecule has 1 atom stereocenters. The molecular weight excluding hydrogens is 254 g/mol. The molecule has 0 aliphatic rings. The number of rotatable bonds is 9. The van der Waals surface area contributed by atoms with Crippen LogP contribution in [0.3, 0.4) is 0 Å². The van der Waals surface area contributed by atoms with E-state index in [1.807, 2.05) is 24.4 Å². The lowest BCUT2D eigenvalue weighted by Gasteiger charge is -2.41. The molecule has 1 rings (SSSR count). The first-order chi connectivity index (χ1) is 9.59. The van der Waals surface area contributed by atoms with Crippen LogP contribution in [0.25, 0.3) is 0 Å². The Hall–Kier alpha value is -1.01. The largest absolute Gasteiger partial charge is 0.356 e. The third-order valence-electron chi connectivity index (χ3n) is 3.80. The fourth-order valence-corrected chi connectivity index (χ4v) is 2.34. The third kappa shape index (κ3) is 4.52. The smallest absolute Gasteiger partial charge is 0.158 e. The molecule has 20 heavy (non-hydrogen) atoms. The van der Waals surface area contributed by atoms with Crippen molar-refractivity contribution in [2.75, 3.05) is 27.3 Å². The molecule has 5 heteroatoms. The molecule has 0 saturated carbocycles. The molecule has 1 heterocycles. The summed E-state index contributed by atoms with van der Waals surface area (Å²) in [6.45, 7) is 6.47. The molecule has 5 nitrogen and oxygen atoms in total. The standard InChI is InChI=1S/C15H27N3O2/c1-5-18(11-13-8-6-7-9-17-13)15(2,12-16)10-14(19-3)20-4/h6-9,14H,5,10-12,16H2,1-4H3. The molecule has 0 radical (unpaired) electrons. The summed E-state index contributed by atoms with van der Waals surface area (Å²) in [5, 5.41) is 0. The van der Waals surface area contributed by atoms with Gasteiger partial charge < -0.3 is 15.2 Å². The van der Waals surface area contributed by atoms with Crippen LogP contribution in [0.15, 0.2) is 24.4 Å². The summed E-state index contributed by atoms with van der Waals surface area (Å²) in [6.07, 6.45) is 2.29. The summed E-state index contributed by atoms with van der Waals surface area (Å²) in [6, 6.07) is 5.96. The Bertz CT molecular complexity index is 371. The van der Waals surface area contributed by atoms with Gasteiger partial charge in [-0.1, -0.05) is 13.0 Å². The van der Waals surface area contributed by atoms with Crippen molar-refractivity contribution in [2.45, 2.75) is 38.6 Å². The van der Waals surface area contributed by atoms with E-state index < -0.39 is 0 Å². The minimum atomic E-state index is -0.249. The van der Waals surface area contributed by atoms with Gasteiger partial charge in [-0.2, -0.15) is 0 Å². The van der Waals surface area contributed by atoms with E-state index >= 15 is 0 Å². The molecule has 2 N–H and O–H groups in total.